The Morgan fingerprint density at radius 2 is 1.43 bits per heavy atom. The van der Waals surface area contributed by atoms with Gasteiger partial charge in [-0.25, -0.2) is 4.98 Å². The molecule has 4 aromatic heterocycles. The Bertz CT molecular complexity index is 3040. The number of para-hydroxylation sites is 2. The minimum atomic E-state index is -1.36. The van der Waals surface area contributed by atoms with Gasteiger partial charge in [0.1, 0.15) is 0 Å². The number of benzene rings is 5. The summed E-state index contributed by atoms with van der Waals surface area (Å²) in [7, 11) is -1.36. The van der Waals surface area contributed by atoms with Gasteiger partial charge in [0.25, 0.3) is 0 Å². The van der Waals surface area contributed by atoms with Crippen molar-refractivity contribution in [3.05, 3.63) is 162 Å². The Morgan fingerprint density at radius 3 is 2.12 bits per heavy atom. The molecule has 1 aliphatic rings. The van der Waals surface area contributed by atoms with Crippen LogP contribution in [0.2, 0.25) is 19.6 Å². The first kappa shape index (κ1) is 46.1. The first-order chi connectivity index (χ1) is 30.9. The summed E-state index contributed by atoms with van der Waals surface area (Å²) in [6.07, 6.45) is 10.5. The van der Waals surface area contributed by atoms with E-state index in [9.17, 15) is 0 Å². The number of aryl methyl sites for hydroxylation is 1. The fourth-order valence-corrected chi connectivity index (χ4v) is 11.2. The van der Waals surface area contributed by atoms with Crippen LogP contribution < -0.4 is 5.19 Å². The van der Waals surface area contributed by atoms with Crippen molar-refractivity contribution in [1.82, 2.24) is 19.5 Å². The Morgan fingerprint density at radius 1 is 0.723 bits per heavy atom. The molecule has 0 aliphatic heterocycles. The van der Waals surface area contributed by atoms with Crippen LogP contribution in [0.5, 0.6) is 0 Å². The number of fused-ring (bicyclic) bond motifs is 4. The zero-order valence-corrected chi connectivity index (χ0v) is 42.5. The van der Waals surface area contributed by atoms with Crippen molar-refractivity contribution < 1.29 is 24.5 Å². The van der Waals surface area contributed by atoms with Gasteiger partial charge >= 0.3 is 0 Å². The SMILES string of the molecule is C[Si](C)(C)c1cnc(-c2[c-]cccc2)cc1CC1CCCCC1.Cc1ccc2c(n1)oc1c(-c3nc4ccccc4n3-c3c(C(C)C)cc(-c4ccccc4)cc3C(C)C)[c-]ccc12.[Ir]. The second kappa shape index (κ2) is 19.6. The largest absolute Gasteiger partial charge is 0.486 e. The van der Waals surface area contributed by atoms with Crippen molar-refractivity contribution in [3.63, 3.8) is 0 Å². The number of rotatable bonds is 9. The Hall–Kier alpha value is -5.46. The molecule has 333 valence electrons. The summed E-state index contributed by atoms with van der Waals surface area (Å²) >= 11 is 0. The van der Waals surface area contributed by atoms with Gasteiger partial charge in [0.2, 0.25) is 5.71 Å². The fourth-order valence-electron chi connectivity index (χ4n) is 9.66. The standard InChI is InChI=1S/C37H32N3O.C21H28NSi.Ir/c1-22(2)30-20-26(25-12-7-6-8-13-25)21-31(23(3)4)34(30)40-33-17-10-9-16-32(33)39-36(40)29-15-11-14-27-28-19-18-24(5)38-37(28)41-35(27)29;1-23(2,3)21-16-22-20(18-12-8-5-9-13-18)15-19(21)14-17-10-6-4-7-11-17;/h6-14,16-23H,1-5H3;5,8-9,12,15-17H,4,6-7,10-11,14H2,1-3H3;/q2*-1;. The molecule has 0 N–H and O–H groups in total. The molecule has 0 spiro atoms. The molecule has 1 saturated carbocycles. The van der Waals surface area contributed by atoms with E-state index in [1.165, 1.54) is 66.5 Å². The van der Waals surface area contributed by atoms with Crippen LogP contribution in [-0.4, -0.2) is 27.6 Å². The molecule has 0 atom stereocenters. The summed E-state index contributed by atoms with van der Waals surface area (Å²) in [5.41, 5.74) is 15.1. The predicted molar refractivity (Wildman–Crippen MR) is 271 cm³/mol. The van der Waals surface area contributed by atoms with Gasteiger partial charge in [-0.15, -0.1) is 54.1 Å². The van der Waals surface area contributed by atoms with Crippen LogP contribution in [0.1, 0.15) is 94.0 Å². The third-order valence-electron chi connectivity index (χ3n) is 13.0. The molecule has 9 aromatic rings. The van der Waals surface area contributed by atoms with Crippen LogP contribution in [0, 0.1) is 25.0 Å². The van der Waals surface area contributed by atoms with Gasteiger partial charge in [-0.2, -0.15) is 0 Å². The second-order valence-electron chi connectivity index (χ2n) is 19.4. The first-order valence-corrected chi connectivity index (χ1v) is 26.8. The average molecular weight is 1050 g/mol. The molecule has 5 aromatic carbocycles. The molecule has 1 radical (unpaired) electrons. The molecule has 65 heavy (non-hydrogen) atoms. The van der Waals surface area contributed by atoms with Crippen molar-refractivity contribution in [2.45, 2.75) is 105 Å². The van der Waals surface area contributed by atoms with Crippen LogP contribution in [0.3, 0.4) is 0 Å². The maximum atomic E-state index is 6.44. The average Bonchev–Trinajstić information content (AvgIpc) is 3.87. The summed E-state index contributed by atoms with van der Waals surface area (Å²) in [4.78, 5) is 14.7. The van der Waals surface area contributed by atoms with Gasteiger partial charge in [-0.3, -0.25) is 4.98 Å². The quantitative estimate of drug-likeness (QED) is 0.107. The number of furan rings is 1. The number of pyridine rings is 2. The van der Waals surface area contributed by atoms with Gasteiger partial charge in [0, 0.05) is 43.1 Å². The van der Waals surface area contributed by atoms with Gasteiger partial charge in [-0.1, -0.05) is 144 Å². The van der Waals surface area contributed by atoms with Crippen molar-refractivity contribution in [1.29, 1.82) is 0 Å². The van der Waals surface area contributed by atoms with Crippen LogP contribution in [-0.2, 0) is 26.5 Å². The van der Waals surface area contributed by atoms with E-state index in [-0.39, 0.29) is 20.1 Å². The van der Waals surface area contributed by atoms with E-state index in [0.717, 1.165) is 61.6 Å². The minimum Gasteiger partial charge on any atom is -0.486 e. The smallest absolute Gasteiger partial charge is 0.216 e. The van der Waals surface area contributed by atoms with Crippen molar-refractivity contribution in [2.75, 3.05) is 0 Å². The summed E-state index contributed by atoms with van der Waals surface area (Å²) < 4.78 is 8.78. The number of hydrogen-bond donors (Lipinski definition) is 0. The van der Waals surface area contributed by atoms with E-state index in [4.69, 9.17) is 14.4 Å². The monoisotopic (exact) mass is 1050 g/mol. The van der Waals surface area contributed by atoms with Crippen molar-refractivity contribution in [3.8, 4) is 39.5 Å². The first-order valence-electron chi connectivity index (χ1n) is 23.3. The minimum absolute atomic E-state index is 0. The molecule has 0 bridgehead atoms. The summed E-state index contributed by atoms with van der Waals surface area (Å²) in [5, 5.41) is 3.57. The van der Waals surface area contributed by atoms with Crippen molar-refractivity contribution in [2.24, 2.45) is 5.92 Å². The number of nitrogens with zero attached hydrogens (tertiary/aromatic N) is 4. The van der Waals surface area contributed by atoms with E-state index in [2.05, 4.69) is 166 Å². The Balaban J connectivity index is 0.000000204. The van der Waals surface area contributed by atoms with E-state index < -0.39 is 8.07 Å². The van der Waals surface area contributed by atoms with Crippen LogP contribution in [0.4, 0.5) is 0 Å². The molecular weight excluding hydrogens is 989 g/mol. The van der Waals surface area contributed by atoms with Gasteiger partial charge < -0.3 is 14.0 Å². The van der Waals surface area contributed by atoms with E-state index in [1.807, 2.05) is 37.3 Å². The third kappa shape index (κ3) is 9.61. The van der Waals surface area contributed by atoms with Crippen LogP contribution in [0.25, 0.3) is 72.6 Å². The maximum Gasteiger partial charge on any atom is 0.216 e. The van der Waals surface area contributed by atoms with Gasteiger partial charge in [0.15, 0.2) is 0 Å². The van der Waals surface area contributed by atoms with Gasteiger partial charge in [0.05, 0.1) is 30.5 Å². The van der Waals surface area contributed by atoms with Gasteiger partial charge in [-0.05, 0) is 101 Å². The molecule has 7 heteroatoms. The molecule has 5 nitrogen and oxygen atoms in total. The molecule has 1 fully saturated rings. The maximum absolute atomic E-state index is 6.44. The molecule has 0 unspecified atom stereocenters. The number of aromatic nitrogens is 4. The Labute approximate surface area is 400 Å². The van der Waals surface area contributed by atoms with Crippen LogP contribution >= 0.6 is 0 Å². The summed E-state index contributed by atoms with van der Waals surface area (Å²) in [6.45, 7) is 18.4. The molecule has 4 heterocycles. The number of imidazole rings is 1. The van der Waals surface area contributed by atoms with Crippen molar-refractivity contribution >= 4 is 46.4 Å². The second-order valence-corrected chi connectivity index (χ2v) is 24.4. The topological polar surface area (TPSA) is 56.7 Å². The molecule has 10 rings (SSSR count). The molecule has 0 saturated heterocycles. The van der Waals surface area contributed by atoms with E-state index in [0.29, 0.717) is 17.5 Å². The molecule has 1 aliphatic carbocycles. The molecule has 0 amide bonds. The normalized spacial score (nSPS) is 13.4. The third-order valence-corrected chi connectivity index (χ3v) is 15.0. The summed E-state index contributed by atoms with van der Waals surface area (Å²) in [5.74, 6) is 2.27. The molecular formula is C58H60IrN4OSi-2. The van der Waals surface area contributed by atoms with Crippen LogP contribution in [0.15, 0.2) is 132 Å². The number of hydrogen-bond acceptors (Lipinski definition) is 4. The van der Waals surface area contributed by atoms with E-state index >= 15 is 0 Å². The zero-order valence-electron chi connectivity index (χ0n) is 39.1. The predicted octanol–water partition coefficient (Wildman–Crippen LogP) is 15.2. The van der Waals surface area contributed by atoms with E-state index in [1.54, 1.807) is 10.8 Å². The summed E-state index contributed by atoms with van der Waals surface area (Å²) in [6, 6.07) is 49.3. The fraction of sp³-hybridized carbons (Fsp3) is 0.293. The Kier molecular flexibility index (Phi) is 13.9. The zero-order chi connectivity index (χ0) is 44.5.